The van der Waals surface area contributed by atoms with Crippen LogP contribution in [0.1, 0.15) is 52.4 Å². The zero-order valence-electron chi connectivity index (χ0n) is 19.0. The van der Waals surface area contributed by atoms with Crippen LogP contribution in [0.5, 0.6) is 0 Å². The smallest absolute Gasteiger partial charge is 0.314 e. The molecule has 9 atom stereocenters. The lowest BCUT2D eigenvalue weighted by Gasteiger charge is -2.52. The molecule has 0 aromatic carbocycles. The van der Waals surface area contributed by atoms with Crippen molar-refractivity contribution in [1.82, 2.24) is 0 Å². The molecule has 4 saturated carbocycles. The summed E-state index contributed by atoms with van der Waals surface area (Å²) in [4.78, 5) is 40.1. The maximum atomic E-state index is 13.5. The minimum atomic E-state index is -1.49. The Morgan fingerprint density at radius 3 is 2.16 bits per heavy atom. The fraction of sp³-hybridized carbons (Fsp3) is 0.870. The quantitative estimate of drug-likeness (QED) is 0.502. The molecule has 2 N–H and O–H groups in total. The van der Waals surface area contributed by atoms with E-state index in [0.717, 1.165) is 6.42 Å². The zero-order valence-corrected chi connectivity index (χ0v) is 19.0. The van der Waals surface area contributed by atoms with Gasteiger partial charge in [-0.3, -0.25) is 14.4 Å². The highest BCUT2D eigenvalue weighted by atomic mass is 16.5. The fourth-order valence-electron chi connectivity index (χ4n) is 8.60. The summed E-state index contributed by atoms with van der Waals surface area (Å²) in [7, 11) is 3.87. The molecular weight excluding hydrogens is 404 g/mol. The van der Waals surface area contributed by atoms with Crippen molar-refractivity contribution in [3.8, 4) is 0 Å². The van der Waals surface area contributed by atoms with Crippen LogP contribution in [0.15, 0.2) is 0 Å². The van der Waals surface area contributed by atoms with Crippen LogP contribution in [-0.2, 0) is 28.6 Å². The number of fused-ring (bicyclic) bond motifs is 3. The Bertz CT molecular complexity index is 807. The van der Waals surface area contributed by atoms with Crippen LogP contribution in [0, 0.1) is 39.9 Å². The Morgan fingerprint density at radius 1 is 0.935 bits per heavy atom. The minimum absolute atomic E-state index is 0.0000578. The predicted octanol–water partition coefficient (Wildman–Crippen LogP) is 1.46. The first kappa shape index (κ1) is 22.5. The van der Waals surface area contributed by atoms with E-state index in [4.69, 9.17) is 14.2 Å². The second-order valence-corrected chi connectivity index (χ2v) is 10.6. The molecule has 0 radical (unpaired) electrons. The van der Waals surface area contributed by atoms with Crippen LogP contribution in [0.25, 0.3) is 0 Å². The molecule has 0 saturated heterocycles. The van der Waals surface area contributed by atoms with Crippen molar-refractivity contribution in [3.63, 3.8) is 0 Å². The normalized spacial score (nSPS) is 50.2. The lowest BCUT2D eigenvalue weighted by molar-refractivity contribution is -0.196. The zero-order chi connectivity index (χ0) is 23.0. The summed E-state index contributed by atoms with van der Waals surface area (Å²) in [5.41, 5.74) is -4.32. The average Bonchev–Trinajstić information content (AvgIpc) is 3.12. The first-order chi connectivity index (χ1) is 14.5. The Balaban J connectivity index is 2.03. The fourth-order valence-corrected chi connectivity index (χ4v) is 8.60. The van der Waals surface area contributed by atoms with Crippen molar-refractivity contribution in [2.24, 2.45) is 39.9 Å². The highest BCUT2D eigenvalue weighted by Crippen LogP contribution is 2.78. The number of methoxy groups -OCH3 is 3. The van der Waals surface area contributed by atoms with Crippen molar-refractivity contribution in [1.29, 1.82) is 0 Å². The number of esters is 3. The van der Waals surface area contributed by atoms with Gasteiger partial charge in [0.05, 0.1) is 49.8 Å². The van der Waals surface area contributed by atoms with Crippen LogP contribution in [0.4, 0.5) is 0 Å². The summed E-state index contributed by atoms with van der Waals surface area (Å²) in [5.74, 6) is -3.57. The topological polar surface area (TPSA) is 119 Å². The number of carbonyl (C=O) groups is 3. The molecule has 4 fully saturated rings. The summed E-state index contributed by atoms with van der Waals surface area (Å²) in [6.45, 7) is 3.39. The van der Waals surface area contributed by atoms with Gasteiger partial charge in [-0.2, -0.15) is 0 Å². The van der Waals surface area contributed by atoms with Gasteiger partial charge in [0.25, 0.3) is 0 Å². The van der Waals surface area contributed by atoms with Crippen LogP contribution >= 0.6 is 0 Å². The summed E-state index contributed by atoms with van der Waals surface area (Å²) >= 11 is 0. The molecule has 8 heteroatoms. The van der Waals surface area contributed by atoms with E-state index in [-0.39, 0.29) is 18.3 Å². The second kappa shape index (κ2) is 6.91. The van der Waals surface area contributed by atoms with E-state index in [1.807, 2.05) is 0 Å². The SMILES string of the molecule is COC(=O)C1C2C(C)(C(=O)OC)C(O)CCC2(C(=O)OC)C2CCC3CC12CC3(C)O. The molecule has 4 aliphatic carbocycles. The second-order valence-electron chi connectivity index (χ2n) is 10.6. The Morgan fingerprint density at radius 2 is 1.58 bits per heavy atom. The van der Waals surface area contributed by atoms with Gasteiger partial charge in [0.2, 0.25) is 0 Å². The van der Waals surface area contributed by atoms with E-state index in [1.54, 1.807) is 13.8 Å². The molecule has 31 heavy (non-hydrogen) atoms. The first-order valence-corrected chi connectivity index (χ1v) is 11.1. The monoisotopic (exact) mass is 438 g/mol. The number of ether oxygens (including phenoxy) is 3. The van der Waals surface area contributed by atoms with Gasteiger partial charge in [-0.05, 0) is 69.6 Å². The lowest BCUT2D eigenvalue weighted by Crippen LogP contribution is -2.61. The molecule has 4 rings (SSSR count). The molecule has 0 aromatic heterocycles. The average molecular weight is 439 g/mol. The summed E-state index contributed by atoms with van der Waals surface area (Å²) < 4.78 is 15.7. The van der Waals surface area contributed by atoms with Crippen molar-refractivity contribution < 1.29 is 38.8 Å². The molecule has 174 valence electrons. The van der Waals surface area contributed by atoms with E-state index in [2.05, 4.69) is 0 Å². The molecule has 4 aliphatic rings. The van der Waals surface area contributed by atoms with Crippen LogP contribution in [-0.4, -0.2) is 61.2 Å². The van der Waals surface area contributed by atoms with E-state index in [1.165, 1.54) is 21.3 Å². The van der Waals surface area contributed by atoms with Crippen molar-refractivity contribution in [3.05, 3.63) is 0 Å². The molecule has 2 bridgehead atoms. The summed E-state index contributed by atoms with van der Waals surface area (Å²) in [6.07, 6.45) is 1.75. The number of aliphatic hydroxyl groups is 2. The highest BCUT2D eigenvalue weighted by molar-refractivity contribution is 5.88. The van der Waals surface area contributed by atoms with Crippen molar-refractivity contribution in [2.75, 3.05) is 21.3 Å². The number of hydrogen-bond donors (Lipinski definition) is 2. The van der Waals surface area contributed by atoms with E-state index >= 15 is 0 Å². The molecule has 0 heterocycles. The van der Waals surface area contributed by atoms with Gasteiger partial charge in [-0.1, -0.05) is 0 Å². The van der Waals surface area contributed by atoms with Gasteiger partial charge in [0.15, 0.2) is 0 Å². The van der Waals surface area contributed by atoms with Crippen LogP contribution in [0.3, 0.4) is 0 Å². The van der Waals surface area contributed by atoms with Crippen molar-refractivity contribution >= 4 is 17.9 Å². The van der Waals surface area contributed by atoms with Crippen LogP contribution < -0.4 is 0 Å². The minimum Gasteiger partial charge on any atom is -0.469 e. The van der Waals surface area contributed by atoms with E-state index in [0.29, 0.717) is 25.7 Å². The maximum Gasteiger partial charge on any atom is 0.314 e. The van der Waals surface area contributed by atoms with Crippen molar-refractivity contribution in [2.45, 2.75) is 64.1 Å². The number of aliphatic hydroxyl groups excluding tert-OH is 1. The number of hydrogen-bond acceptors (Lipinski definition) is 8. The van der Waals surface area contributed by atoms with Gasteiger partial charge in [-0.15, -0.1) is 0 Å². The van der Waals surface area contributed by atoms with Gasteiger partial charge in [0, 0.05) is 5.92 Å². The van der Waals surface area contributed by atoms with Gasteiger partial charge in [0.1, 0.15) is 0 Å². The summed E-state index contributed by atoms with van der Waals surface area (Å²) in [5, 5.41) is 22.3. The third-order valence-corrected chi connectivity index (χ3v) is 9.64. The maximum absolute atomic E-state index is 13.5. The number of rotatable bonds is 3. The van der Waals surface area contributed by atoms with Crippen LogP contribution in [0.2, 0.25) is 0 Å². The predicted molar refractivity (Wildman–Crippen MR) is 107 cm³/mol. The molecule has 0 aromatic rings. The Labute approximate surface area is 182 Å². The standard InChI is InChI=1S/C23H34O8/c1-20(28)11-22-10-12(20)6-7-13(22)23(19(27)31-5)9-8-14(24)21(2,18(26)30-4)16(23)15(22)17(25)29-3/h12-16,24,28H,6-11H2,1-5H3. The molecule has 0 aliphatic heterocycles. The summed E-state index contributed by atoms with van der Waals surface area (Å²) in [6, 6.07) is 0. The molecule has 9 unspecified atom stereocenters. The van der Waals surface area contributed by atoms with E-state index in [9.17, 15) is 24.6 Å². The molecule has 0 amide bonds. The van der Waals surface area contributed by atoms with Gasteiger partial charge < -0.3 is 24.4 Å². The lowest BCUT2D eigenvalue weighted by atomic mass is 9.51. The Kier molecular flexibility index (Phi) is 5.02. The Hall–Kier alpha value is -1.67. The van der Waals surface area contributed by atoms with Gasteiger partial charge in [-0.25, -0.2) is 0 Å². The number of carbonyl (C=O) groups excluding carboxylic acids is 3. The highest BCUT2D eigenvalue weighted by Gasteiger charge is 2.82. The van der Waals surface area contributed by atoms with Gasteiger partial charge >= 0.3 is 17.9 Å². The molecular formula is C23H34O8. The third kappa shape index (κ3) is 2.52. The molecule has 1 spiro atoms. The van der Waals surface area contributed by atoms with E-state index < -0.39 is 57.7 Å². The first-order valence-electron chi connectivity index (χ1n) is 11.1. The largest absolute Gasteiger partial charge is 0.469 e. The molecule has 8 nitrogen and oxygen atoms in total. The third-order valence-electron chi connectivity index (χ3n) is 9.64.